The van der Waals surface area contributed by atoms with Gasteiger partial charge in [0.05, 0.1) is 18.4 Å². The zero-order chi connectivity index (χ0) is 13.9. The second-order valence-electron chi connectivity index (χ2n) is 3.38. The van der Waals surface area contributed by atoms with E-state index in [9.17, 15) is 13.6 Å². The molecule has 0 unspecified atom stereocenters. The van der Waals surface area contributed by atoms with Crippen molar-refractivity contribution in [3.63, 3.8) is 0 Å². The molecule has 7 heteroatoms. The molecule has 98 valence electrons. The molecule has 1 aromatic heterocycles. The van der Waals surface area contributed by atoms with E-state index in [1.165, 1.54) is 13.0 Å². The highest BCUT2D eigenvalue weighted by atomic mass is 79.9. The molecule has 0 aliphatic carbocycles. The number of rotatable bonds is 3. The normalized spacial score (nSPS) is 11.8. The summed E-state index contributed by atoms with van der Waals surface area (Å²) in [7, 11) is 1.15. The van der Waals surface area contributed by atoms with Gasteiger partial charge in [-0.2, -0.15) is 8.78 Å². The van der Waals surface area contributed by atoms with Gasteiger partial charge in [-0.15, -0.1) is 0 Å². The molecule has 0 saturated carbocycles. The highest BCUT2D eigenvalue weighted by Gasteiger charge is 2.32. The molecule has 1 rings (SSSR count). The zero-order valence-corrected chi connectivity index (χ0v) is 11.3. The molecule has 0 bridgehead atoms. The number of esters is 1. The van der Waals surface area contributed by atoms with Crippen LogP contribution in [0.1, 0.15) is 23.0 Å². The summed E-state index contributed by atoms with van der Waals surface area (Å²) in [6, 6.07) is 1.00. The number of ether oxygens (including phenoxy) is 1. The minimum absolute atomic E-state index is 0.153. The molecule has 0 fully saturated rings. The Hall–Kier alpha value is -1.50. The van der Waals surface area contributed by atoms with Gasteiger partial charge in [-0.3, -0.25) is 0 Å². The first-order valence-corrected chi connectivity index (χ1v) is 5.69. The summed E-state index contributed by atoms with van der Waals surface area (Å²) in [6.07, 6.45) is 1.93. The number of nitrogen functional groups attached to an aromatic ring is 1. The lowest BCUT2D eigenvalue weighted by Crippen LogP contribution is -2.15. The molecule has 1 heterocycles. The number of aromatic nitrogens is 1. The van der Waals surface area contributed by atoms with Gasteiger partial charge in [0.1, 0.15) is 4.60 Å². The Labute approximate surface area is 111 Å². The molecule has 0 aliphatic rings. The SMILES string of the molecule is C/C=C/C(F)(F)c1cc(N)c(C(=O)OC)nc1Br. The minimum Gasteiger partial charge on any atom is -0.464 e. The number of carbonyl (C=O) groups is 1. The molecule has 18 heavy (non-hydrogen) atoms. The summed E-state index contributed by atoms with van der Waals surface area (Å²) in [5, 5.41) is 0. The number of nitrogens with two attached hydrogens (primary N) is 1. The van der Waals surface area contributed by atoms with Crippen molar-refractivity contribution in [2.24, 2.45) is 0 Å². The quantitative estimate of drug-likeness (QED) is 0.528. The van der Waals surface area contributed by atoms with Gasteiger partial charge in [0.15, 0.2) is 5.69 Å². The van der Waals surface area contributed by atoms with Crippen LogP contribution >= 0.6 is 15.9 Å². The van der Waals surface area contributed by atoms with Crippen LogP contribution in [-0.4, -0.2) is 18.1 Å². The van der Waals surface area contributed by atoms with E-state index in [0.717, 1.165) is 13.2 Å². The van der Waals surface area contributed by atoms with Gasteiger partial charge in [0.2, 0.25) is 0 Å². The fourth-order valence-electron chi connectivity index (χ4n) is 1.30. The number of hydrogen-bond acceptors (Lipinski definition) is 4. The van der Waals surface area contributed by atoms with Crippen LogP contribution in [0.15, 0.2) is 22.8 Å². The van der Waals surface area contributed by atoms with Crippen LogP contribution in [0.2, 0.25) is 0 Å². The number of nitrogens with zero attached hydrogens (tertiary/aromatic N) is 1. The Morgan fingerprint density at radius 3 is 2.72 bits per heavy atom. The smallest absolute Gasteiger partial charge is 0.358 e. The van der Waals surface area contributed by atoms with Crippen LogP contribution in [0.4, 0.5) is 14.5 Å². The van der Waals surface area contributed by atoms with Gasteiger partial charge in [0, 0.05) is 0 Å². The first-order valence-electron chi connectivity index (χ1n) is 4.90. The predicted molar refractivity (Wildman–Crippen MR) is 66.4 cm³/mol. The van der Waals surface area contributed by atoms with Crippen LogP contribution in [0, 0.1) is 0 Å². The van der Waals surface area contributed by atoms with E-state index in [1.807, 2.05) is 0 Å². The fraction of sp³-hybridized carbons (Fsp3) is 0.273. The molecule has 1 aromatic rings. The molecule has 0 saturated heterocycles. The molecule has 0 radical (unpaired) electrons. The van der Waals surface area contributed by atoms with Crippen LogP contribution in [0.5, 0.6) is 0 Å². The van der Waals surface area contributed by atoms with Crippen molar-refractivity contribution in [2.75, 3.05) is 12.8 Å². The molecule has 0 amide bonds. The topological polar surface area (TPSA) is 65.2 Å². The molecule has 0 aromatic carbocycles. The van der Waals surface area contributed by atoms with Crippen molar-refractivity contribution in [3.05, 3.63) is 34.1 Å². The van der Waals surface area contributed by atoms with E-state index in [2.05, 4.69) is 25.7 Å². The lowest BCUT2D eigenvalue weighted by molar-refractivity contribution is 0.0500. The molecular weight excluding hydrogens is 310 g/mol. The standard InChI is InChI=1S/C11H11BrF2N2O2/c1-3-4-11(13,14)6-5-7(15)8(10(17)18-2)16-9(6)12/h3-5H,15H2,1-2H3/b4-3+. The maximum atomic E-state index is 13.7. The summed E-state index contributed by atoms with van der Waals surface area (Å²) in [4.78, 5) is 15.0. The summed E-state index contributed by atoms with van der Waals surface area (Å²) >= 11 is 2.90. The van der Waals surface area contributed by atoms with Crippen LogP contribution in [-0.2, 0) is 10.7 Å². The summed E-state index contributed by atoms with van der Waals surface area (Å²) in [5.41, 5.74) is 4.74. The molecule has 0 atom stereocenters. The molecule has 4 nitrogen and oxygen atoms in total. The van der Waals surface area contributed by atoms with Crippen molar-refractivity contribution in [2.45, 2.75) is 12.8 Å². The average Bonchev–Trinajstić information content (AvgIpc) is 2.30. The van der Waals surface area contributed by atoms with Crippen molar-refractivity contribution in [1.29, 1.82) is 0 Å². The van der Waals surface area contributed by atoms with Gasteiger partial charge in [-0.25, -0.2) is 9.78 Å². The maximum Gasteiger partial charge on any atom is 0.358 e. The fourth-order valence-corrected chi connectivity index (χ4v) is 1.86. The van der Waals surface area contributed by atoms with Gasteiger partial charge >= 0.3 is 5.97 Å². The monoisotopic (exact) mass is 320 g/mol. The number of allylic oxidation sites excluding steroid dienone is 2. The molecule has 2 N–H and O–H groups in total. The van der Waals surface area contributed by atoms with E-state index in [-0.39, 0.29) is 16.0 Å². The lowest BCUT2D eigenvalue weighted by atomic mass is 10.1. The third kappa shape index (κ3) is 2.84. The first kappa shape index (κ1) is 14.6. The molecule has 0 aliphatic heterocycles. The summed E-state index contributed by atoms with van der Waals surface area (Å²) in [5.74, 6) is -4.00. The predicted octanol–water partition coefficient (Wildman–Crippen LogP) is 2.88. The number of methoxy groups -OCH3 is 1. The number of carbonyl (C=O) groups excluding carboxylic acids is 1. The average molecular weight is 321 g/mol. The Bertz CT molecular complexity index is 504. The van der Waals surface area contributed by atoms with Crippen LogP contribution in [0.3, 0.4) is 0 Å². The van der Waals surface area contributed by atoms with E-state index in [1.54, 1.807) is 0 Å². The largest absolute Gasteiger partial charge is 0.464 e. The van der Waals surface area contributed by atoms with Gasteiger partial charge < -0.3 is 10.5 Å². The highest BCUT2D eigenvalue weighted by molar-refractivity contribution is 9.10. The summed E-state index contributed by atoms with van der Waals surface area (Å²) in [6.45, 7) is 1.47. The number of halogens is 3. The Morgan fingerprint density at radius 1 is 1.61 bits per heavy atom. The van der Waals surface area contributed by atoms with Crippen molar-refractivity contribution in [3.8, 4) is 0 Å². The third-order valence-electron chi connectivity index (χ3n) is 2.12. The molecule has 0 spiro atoms. The van der Waals surface area contributed by atoms with Gasteiger partial charge in [0.25, 0.3) is 5.92 Å². The first-order chi connectivity index (χ1) is 8.33. The molecular formula is C11H11BrF2N2O2. The zero-order valence-electron chi connectivity index (χ0n) is 9.71. The summed E-state index contributed by atoms with van der Waals surface area (Å²) < 4.78 is 31.7. The Morgan fingerprint density at radius 2 is 2.22 bits per heavy atom. The maximum absolute atomic E-state index is 13.7. The number of anilines is 1. The lowest BCUT2D eigenvalue weighted by Gasteiger charge is -2.15. The van der Waals surface area contributed by atoms with E-state index in [4.69, 9.17) is 5.73 Å². The van der Waals surface area contributed by atoms with Crippen LogP contribution in [0.25, 0.3) is 0 Å². The van der Waals surface area contributed by atoms with Crippen molar-refractivity contribution >= 4 is 27.6 Å². The Kier molecular flexibility index (Phi) is 4.39. The van der Waals surface area contributed by atoms with Crippen molar-refractivity contribution in [1.82, 2.24) is 4.98 Å². The van der Waals surface area contributed by atoms with E-state index >= 15 is 0 Å². The van der Waals surface area contributed by atoms with E-state index < -0.39 is 17.5 Å². The second-order valence-corrected chi connectivity index (χ2v) is 4.13. The van der Waals surface area contributed by atoms with Gasteiger partial charge in [-0.05, 0) is 35.0 Å². The van der Waals surface area contributed by atoms with Gasteiger partial charge in [-0.1, -0.05) is 6.08 Å². The number of pyridine rings is 1. The third-order valence-corrected chi connectivity index (χ3v) is 2.72. The van der Waals surface area contributed by atoms with Crippen molar-refractivity contribution < 1.29 is 18.3 Å². The number of hydrogen-bond donors (Lipinski definition) is 1. The van der Waals surface area contributed by atoms with E-state index in [0.29, 0.717) is 6.08 Å². The van der Waals surface area contributed by atoms with Crippen LogP contribution < -0.4 is 5.73 Å². The second kappa shape index (κ2) is 5.43. The minimum atomic E-state index is -3.22. The Balaban J connectivity index is 3.36. The highest BCUT2D eigenvalue weighted by Crippen LogP contribution is 2.35. The number of alkyl halides is 2.